The minimum atomic E-state index is -4.55. The van der Waals surface area contributed by atoms with Crippen molar-refractivity contribution in [3.05, 3.63) is 29.3 Å². The molecule has 0 aliphatic heterocycles. The van der Waals surface area contributed by atoms with Crippen LogP contribution in [0.25, 0.3) is 0 Å². The number of aldehydes is 1. The normalized spacial score (nSPS) is 12.4. The highest BCUT2D eigenvalue weighted by molar-refractivity contribution is 5.85. The monoisotopic (exact) mass is 367 g/mol. The van der Waals surface area contributed by atoms with Gasteiger partial charge in [0.15, 0.2) is 0 Å². The lowest BCUT2D eigenvalue weighted by Gasteiger charge is -2.16. The van der Waals surface area contributed by atoms with Gasteiger partial charge in [-0.2, -0.15) is 13.2 Å². The third-order valence-corrected chi connectivity index (χ3v) is 3.60. The zero-order chi connectivity index (χ0) is 17.3. The fraction of sp³-hybridized carbons (Fsp3) is 0.588. The lowest BCUT2D eigenvalue weighted by Crippen LogP contribution is -2.15. The van der Waals surface area contributed by atoms with Crippen molar-refractivity contribution in [2.45, 2.75) is 57.7 Å². The highest BCUT2D eigenvalue weighted by Gasteiger charge is 2.35. The first-order valence-electron chi connectivity index (χ1n) is 7.95. The van der Waals surface area contributed by atoms with Crippen LogP contribution in [0.5, 0.6) is 5.75 Å². The van der Waals surface area contributed by atoms with Crippen LogP contribution in [0.2, 0.25) is 0 Å². The summed E-state index contributed by atoms with van der Waals surface area (Å²) in [6.45, 7) is 2.37. The standard InChI is InChI=1S/C17H24F3NO2.ClH/c1-2-3-4-5-6-7-10-23-16-9-8-13(15(21)12-22)11-14(16)17(18,19)20;/h8-9,11-12,15H,2-7,10,21H2,1H3;1H. The molecular weight excluding hydrogens is 343 g/mol. The Labute approximate surface area is 147 Å². The second kappa shape index (κ2) is 11.3. The van der Waals surface area contributed by atoms with E-state index in [1.165, 1.54) is 18.6 Å². The molecule has 1 atom stereocenters. The van der Waals surface area contributed by atoms with E-state index in [4.69, 9.17) is 10.5 Å². The van der Waals surface area contributed by atoms with Crippen LogP contribution >= 0.6 is 12.4 Å². The van der Waals surface area contributed by atoms with Crippen LogP contribution in [-0.2, 0) is 11.0 Å². The third-order valence-electron chi connectivity index (χ3n) is 3.60. The number of halogens is 4. The minimum absolute atomic E-state index is 0. The van der Waals surface area contributed by atoms with Crippen molar-refractivity contribution in [1.29, 1.82) is 0 Å². The molecule has 0 amide bonds. The lowest BCUT2D eigenvalue weighted by molar-refractivity contribution is -0.139. The minimum Gasteiger partial charge on any atom is -0.493 e. The zero-order valence-corrected chi connectivity index (χ0v) is 14.6. The maximum absolute atomic E-state index is 13.1. The largest absolute Gasteiger partial charge is 0.493 e. The number of unbranched alkanes of at least 4 members (excludes halogenated alkanes) is 5. The summed E-state index contributed by atoms with van der Waals surface area (Å²) in [5.41, 5.74) is 4.69. The molecule has 0 radical (unpaired) electrons. The Balaban J connectivity index is 0.00000529. The predicted octanol–water partition coefficient (Wildman–Crippen LogP) is 5.07. The molecule has 0 saturated carbocycles. The molecule has 0 heterocycles. The van der Waals surface area contributed by atoms with Crippen molar-refractivity contribution in [2.24, 2.45) is 5.73 Å². The van der Waals surface area contributed by atoms with Crippen molar-refractivity contribution >= 4 is 18.7 Å². The highest BCUT2D eigenvalue weighted by Crippen LogP contribution is 2.37. The number of carbonyl (C=O) groups is 1. The fourth-order valence-electron chi connectivity index (χ4n) is 2.25. The van der Waals surface area contributed by atoms with Gasteiger partial charge in [0.25, 0.3) is 0 Å². The number of hydrogen-bond acceptors (Lipinski definition) is 3. The smallest absolute Gasteiger partial charge is 0.419 e. The summed E-state index contributed by atoms with van der Waals surface area (Å²) in [4.78, 5) is 10.6. The van der Waals surface area contributed by atoms with Gasteiger partial charge in [0.1, 0.15) is 12.0 Å². The van der Waals surface area contributed by atoms with Gasteiger partial charge in [-0.05, 0) is 24.1 Å². The Hall–Kier alpha value is -1.27. The first-order chi connectivity index (χ1) is 10.9. The molecule has 3 nitrogen and oxygen atoms in total. The van der Waals surface area contributed by atoms with Gasteiger partial charge in [-0.25, -0.2) is 0 Å². The van der Waals surface area contributed by atoms with Crippen molar-refractivity contribution in [1.82, 2.24) is 0 Å². The average Bonchev–Trinajstić information content (AvgIpc) is 2.52. The maximum atomic E-state index is 13.1. The van der Waals surface area contributed by atoms with Crippen LogP contribution in [0.15, 0.2) is 18.2 Å². The van der Waals surface area contributed by atoms with E-state index in [0.717, 1.165) is 38.2 Å². The topological polar surface area (TPSA) is 52.3 Å². The first-order valence-corrected chi connectivity index (χ1v) is 7.95. The number of alkyl halides is 3. The van der Waals surface area contributed by atoms with E-state index in [1.54, 1.807) is 0 Å². The molecule has 1 aromatic rings. The molecule has 2 N–H and O–H groups in total. The van der Waals surface area contributed by atoms with Crippen molar-refractivity contribution in [3.8, 4) is 5.75 Å². The van der Waals surface area contributed by atoms with Crippen molar-refractivity contribution in [3.63, 3.8) is 0 Å². The van der Waals surface area contributed by atoms with Crippen LogP contribution in [-0.4, -0.2) is 12.9 Å². The van der Waals surface area contributed by atoms with Crippen LogP contribution in [0.4, 0.5) is 13.2 Å². The molecule has 7 heteroatoms. The number of ether oxygens (including phenoxy) is 1. The van der Waals surface area contributed by atoms with Gasteiger partial charge in [0.05, 0.1) is 18.2 Å². The van der Waals surface area contributed by atoms with Crippen LogP contribution in [0.1, 0.15) is 62.6 Å². The molecule has 138 valence electrons. The van der Waals surface area contributed by atoms with Crippen molar-refractivity contribution in [2.75, 3.05) is 6.61 Å². The quantitative estimate of drug-likeness (QED) is 0.464. The Morgan fingerprint density at radius 2 is 1.79 bits per heavy atom. The van der Waals surface area contributed by atoms with Crippen LogP contribution < -0.4 is 10.5 Å². The van der Waals surface area contributed by atoms with E-state index < -0.39 is 17.8 Å². The molecule has 1 rings (SSSR count). The van der Waals surface area contributed by atoms with E-state index in [2.05, 4.69) is 6.92 Å². The molecule has 0 aromatic heterocycles. The molecule has 0 aliphatic rings. The van der Waals surface area contributed by atoms with E-state index in [9.17, 15) is 18.0 Å². The molecule has 1 unspecified atom stereocenters. The Morgan fingerprint density at radius 1 is 1.17 bits per heavy atom. The second-order valence-electron chi connectivity index (χ2n) is 5.53. The average molecular weight is 368 g/mol. The molecular formula is C17H25ClF3NO2. The summed E-state index contributed by atoms with van der Waals surface area (Å²) >= 11 is 0. The zero-order valence-electron chi connectivity index (χ0n) is 13.8. The second-order valence-corrected chi connectivity index (χ2v) is 5.53. The number of hydrogen-bond donors (Lipinski definition) is 1. The van der Waals surface area contributed by atoms with E-state index in [1.807, 2.05) is 0 Å². The summed E-state index contributed by atoms with van der Waals surface area (Å²) < 4.78 is 44.6. The number of rotatable bonds is 10. The Kier molecular flexibility index (Phi) is 10.7. The van der Waals surface area contributed by atoms with Crippen LogP contribution in [0, 0.1) is 0 Å². The summed E-state index contributed by atoms with van der Waals surface area (Å²) in [5.74, 6) is -0.215. The van der Waals surface area contributed by atoms with E-state index >= 15 is 0 Å². The fourth-order valence-corrected chi connectivity index (χ4v) is 2.25. The molecule has 0 spiro atoms. The Morgan fingerprint density at radius 3 is 2.38 bits per heavy atom. The SMILES string of the molecule is CCCCCCCCOc1ccc(C(N)C=O)cc1C(F)(F)F.Cl. The first kappa shape index (κ1) is 22.7. The third kappa shape index (κ3) is 7.53. The maximum Gasteiger partial charge on any atom is 0.419 e. The molecule has 24 heavy (non-hydrogen) atoms. The highest BCUT2D eigenvalue weighted by atomic mass is 35.5. The Bertz CT molecular complexity index is 495. The number of nitrogens with two attached hydrogens (primary N) is 1. The summed E-state index contributed by atoms with van der Waals surface area (Å²) in [7, 11) is 0. The molecule has 0 saturated heterocycles. The predicted molar refractivity (Wildman–Crippen MR) is 90.6 cm³/mol. The summed E-state index contributed by atoms with van der Waals surface area (Å²) in [6, 6.07) is 2.45. The van der Waals surface area contributed by atoms with Gasteiger partial charge in [0.2, 0.25) is 0 Å². The molecule has 1 aromatic carbocycles. The van der Waals surface area contributed by atoms with Crippen LogP contribution in [0.3, 0.4) is 0 Å². The van der Waals surface area contributed by atoms with Gasteiger partial charge >= 0.3 is 6.18 Å². The van der Waals surface area contributed by atoms with Gasteiger partial charge in [-0.1, -0.05) is 45.1 Å². The molecule has 0 fully saturated rings. The van der Waals surface area contributed by atoms with Gasteiger partial charge in [-0.3, -0.25) is 0 Å². The van der Waals surface area contributed by atoms with Gasteiger partial charge in [-0.15, -0.1) is 12.4 Å². The van der Waals surface area contributed by atoms with Crippen molar-refractivity contribution < 1.29 is 22.7 Å². The summed E-state index contributed by atoms with van der Waals surface area (Å²) in [5, 5.41) is 0. The summed E-state index contributed by atoms with van der Waals surface area (Å²) in [6.07, 6.45) is 2.06. The molecule has 0 aliphatic carbocycles. The van der Waals surface area contributed by atoms with E-state index in [0.29, 0.717) is 6.29 Å². The lowest BCUT2D eigenvalue weighted by atomic mass is 10.0. The number of carbonyl (C=O) groups excluding carboxylic acids is 1. The van der Waals surface area contributed by atoms with Gasteiger partial charge < -0.3 is 15.3 Å². The molecule has 0 bridgehead atoms. The van der Waals surface area contributed by atoms with Gasteiger partial charge in [0, 0.05) is 0 Å². The van der Waals surface area contributed by atoms with E-state index in [-0.39, 0.29) is 30.3 Å². The number of benzene rings is 1.